The summed E-state index contributed by atoms with van der Waals surface area (Å²) in [6.45, 7) is 2.51. The third-order valence-electron chi connectivity index (χ3n) is 3.97. The van der Waals surface area contributed by atoms with Crippen LogP contribution in [0.3, 0.4) is 0 Å². The van der Waals surface area contributed by atoms with Gasteiger partial charge in [0.15, 0.2) is 0 Å². The highest BCUT2D eigenvalue weighted by Crippen LogP contribution is 2.21. The number of carbonyl (C=O) groups is 1. The van der Waals surface area contributed by atoms with Gasteiger partial charge in [-0.1, -0.05) is 19.3 Å². The molecule has 0 aromatic carbocycles. The van der Waals surface area contributed by atoms with E-state index in [0.717, 1.165) is 38.6 Å². The molecule has 1 aliphatic rings. The van der Waals surface area contributed by atoms with Gasteiger partial charge in [0.25, 0.3) is 0 Å². The molecule has 1 fully saturated rings. The number of nitrogens with one attached hydrogen (secondary N) is 2. The van der Waals surface area contributed by atoms with Gasteiger partial charge in [-0.3, -0.25) is 4.79 Å². The monoisotopic (exact) mass is 288 g/mol. The molecular formula is C14H28N2O4. The molecule has 20 heavy (non-hydrogen) atoms. The maximum Gasteiger partial charge on any atom is 0.216 e. The molecule has 0 saturated carbocycles. The van der Waals surface area contributed by atoms with E-state index in [1.54, 1.807) is 0 Å². The molecule has 1 heterocycles. The molecule has 1 rings (SSSR count). The van der Waals surface area contributed by atoms with Crippen molar-refractivity contribution >= 4 is 5.91 Å². The first-order valence-electron chi connectivity index (χ1n) is 7.51. The van der Waals surface area contributed by atoms with Crippen molar-refractivity contribution in [3.05, 3.63) is 0 Å². The molecule has 5 N–H and O–H groups in total. The molecule has 0 aliphatic carbocycles. The molecule has 6 nitrogen and oxygen atoms in total. The van der Waals surface area contributed by atoms with Crippen LogP contribution in [0.15, 0.2) is 0 Å². The Morgan fingerprint density at radius 3 is 2.60 bits per heavy atom. The maximum atomic E-state index is 10.7. The van der Waals surface area contributed by atoms with Gasteiger partial charge >= 0.3 is 0 Å². The van der Waals surface area contributed by atoms with Crippen molar-refractivity contribution in [3.63, 3.8) is 0 Å². The van der Waals surface area contributed by atoms with Gasteiger partial charge in [0.1, 0.15) is 0 Å². The molecule has 118 valence electrons. The minimum absolute atomic E-state index is 0.00902. The second kappa shape index (κ2) is 9.28. The van der Waals surface area contributed by atoms with E-state index in [1.807, 2.05) is 0 Å². The molecule has 0 radical (unpaired) electrons. The van der Waals surface area contributed by atoms with Gasteiger partial charge in [0.2, 0.25) is 5.91 Å². The van der Waals surface area contributed by atoms with Crippen LogP contribution < -0.4 is 10.6 Å². The Bertz CT molecular complexity index is 288. The smallest absolute Gasteiger partial charge is 0.216 e. The number of aliphatic hydroxyl groups is 3. The predicted molar refractivity (Wildman–Crippen MR) is 76.1 cm³/mol. The van der Waals surface area contributed by atoms with Crippen molar-refractivity contribution in [3.8, 4) is 0 Å². The van der Waals surface area contributed by atoms with Crippen LogP contribution in [0.5, 0.6) is 0 Å². The Hall–Kier alpha value is -0.690. The molecule has 4 atom stereocenters. The molecule has 0 aromatic rings. The van der Waals surface area contributed by atoms with E-state index in [0.29, 0.717) is 6.54 Å². The molecule has 1 amide bonds. The molecule has 6 heteroatoms. The van der Waals surface area contributed by atoms with Crippen molar-refractivity contribution in [2.24, 2.45) is 5.92 Å². The predicted octanol–water partition coefficient (Wildman–Crippen LogP) is -0.625. The second-order valence-electron chi connectivity index (χ2n) is 5.60. The minimum atomic E-state index is -0.842. The van der Waals surface area contributed by atoms with Gasteiger partial charge in [-0.2, -0.15) is 0 Å². The van der Waals surface area contributed by atoms with Crippen molar-refractivity contribution in [1.82, 2.24) is 10.6 Å². The van der Waals surface area contributed by atoms with Crippen LogP contribution in [-0.4, -0.2) is 59.2 Å². The second-order valence-corrected chi connectivity index (χ2v) is 5.60. The zero-order valence-corrected chi connectivity index (χ0v) is 12.2. The van der Waals surface area contributed by atoms with E-state index < -0.39 is 12.2 Å². The Labute approximate surface area is 120 Å². The normalized spacial score (nSPS) is 30.2. The number of piperidine rings is 1. The van der Waals surface area contributed by atoms with Gasteiger partial charge in [-0.25, -0.2) is 0 Å². The number of unbranched alkanes of at least 4 members (excludes halogenated alkanes) is 3. The van der Waals surface area contributed by atoms with Gasteiger partial charge in [-0.15, -0.1) is 0 Å². The summed E-state index contributed by atoms with van der Waals surface area (Å²) in [4.78, 5) is 10.7. The number of carbonyl (C=O) groups excluding carboxylic acids is 1. The highest BCUT2D eigenvalue weighted by Gasteiger charge is 2.36. The Morgan fingerprint density at radius 1 is 1.25 bits per heavy atom. The fourth-order valence-corrected chi connectivity index (χ4v) is 2.73. The summed E-state index contributed by atoms with van der Waals surface area (Å²) >= 11 is 0. The molecule has 1 saturated heterocycles. The lowest BCUT2D eigenvalue weighted by Gasteiger charge is -2.38. The lowest BCUT2D eigenvalue weighted by Crippen LogP contribution is -2.57. The van der Waals surface area contributed by atoms with E-state index in [2.05, 4.69) is 10.6 Å². The molecule has 0 bridgehead atoms. The van der Waals surface area contributed by atoms with Crippen LogP contribution in [0.4, 0.5) is 0 Å². The summed E-state index contributed by atoms with van der Waals surface area (Å²) in [5, 5.41) is 34.7. The first-order chi connectivity index (χ1) is 9.56. The number of rotatable bonds is 8. The average Bonchev–Trinajstić information content (AvgIpc) is 2.41. The number of hydrogen-bond acceptors (Lipinski definition) is 5. The van der Waals surface area contributed by atoms with E-state index >= 15 is 0 Å². The third kappa shape index (κ3) is 5.75. The third-order valence-corrected chi connectivity index (χ3v) is 3.97. The number of amides is 1. The van der Waals surface area contributed by atoms with E-state index in [9.17, 15) is 20.1 Å². The topological polar surface area (TPSA) is 102 Å². The van der Waals surface area contributed by atoms with Crippen molar-refractivity contribution < 1.29 is 20.1 Å². The van der Waals surface area contributed by atoms with Crippen LogP contribution >= 0.6 is 0 Å². The molecule has 0 aromatic heterocycles. The quantitative estimate of drug-likeness (QED) is 0.383. The van der Waals surface area contributed by atoms with Crippen LogP contribution in [0.25, 0.3) is 0 Å². The lowest BCUT2D eigenvalue weighted by molar-refractivity contribution is -0.118. The summed E-state index contributed by atoms with van der Waals surface area (Å²) in [5.41, 5.74) is 0. The molecular weight excluding hydrogens is 260 g/mol. The summed E-state index contributed by atoms with van der Waals surface area (Å²) in [5.74, 6) is -0.284. The Morgan fingerprint density at radius 2 is 1.95 bits per heavy atom. The summed E-state index contributed by atoms with van der Waals surface area (Å²) in [6.07, 6.45) is 3.36. The van der Waals surface area contributed by atoms with Crippen molar-refractivity contribution in [2.75, 3.05) is 19.7 Å². The largest absolute Gasteiger partial charge is 0.396 e. The van der Waals surface area contributed by atoms with Crippen LogP contribution in [0, 0.1) is 5.92 Å². The SMILES string of the molecule is CC(=O)NCCCCCC[C@H]1NC[C@@H](O)[C@@H](O)[C@H]1CO. The van der Waals surface area contributed by atoms with Crippen molar-refractivity contribution in [2.45, 2.75) is 57.3 Å². The van der Waals surface area contributed by atoms with Gasteiger partial charge in [-0.05, 0) is 12.8 Å². The summed E-state index contributed by atoms with van der Waals surface area (Å²) < 4.78 is 0. The lowest BCUT2D eigenvalue weighted by atomic mass is 9.84. The first kappa shape index (κ1) is 17.4. The highest BCUT2D eigenvalue weighted by atomic mass is 16.3. The Balaban J connectivity index is 2.13. The van der Waals surface area contributed by atoms with Crippen molar-refractivity contribution in [1.29, 1.82) is 0 Å². The highest BCUT2D eigenvalue weighted by molar-refractivity contribution is 5.72. The molecule has 1 aliphatic heterocycles. The first-order valence-corrected chi connectivity index (χ1v) is 7.51. The minimum Gasteiger partial charge on any atom is -0.396 e. The zero-order valence-electron chi connectivity index (χ0n) is 12.2. The maximum absolute atomic E-state index is 10.7. The van der Waals surface area contributed by atoms with E-state index in [1.165, 1.54) is 6.92 Å². The van der Waals surface area contributed by atoms with E-state index in [4.69, 9.17) is 0 Å². The van der Waals surface area contributed by atoms with E-state index in [-0.39, 0.29) is 24.5 Å². The van der Waals surface area contributed by atoms with Gasteiger partial charge in [0.05, 0.1) is 12.2 Å². The molecule has 0 spiro atoms. The number of aliphatic hydroxyl groups excluding tert-OH is 3. The summed E-state index contributed by atoms with van der Waals surface area (Å²) in [6, 6.07) is 0.0637. The number of hydrogen-bond donors (Lipinski definition) is 5. The number of β-amino-alcohol motifs (C(OH)–C–C–N with tert-alkyl or cyclic N) is 1. The summed E-state index contributed by atoms with van der Waals surface area (Å²) in [7, 11) is 0. The fraction of sp³-hybridized carbons (Fsp3) is 0.929. The van der Waals surface area contributed by atoms with Gasteiger partial charge in [0, 0.05) is 38.6 Å². The zero-order chi connectivity index (χ0) is 15.0. The van der Waals surface area contributed by atoms with Crippen LogP contribution in [-0.2, 0) is 4.79 Å². The van der Waals surface area contributed by atoms with Crippen LogP contribution in [0.1, 0.15) is 39.0 Å². The van der Waals surface area contributed by atoms with Gasteiger partial charge < -0.3 is 26.0 Å². The molecule has 0 unspecified atom stereocenters. The fourth-order valence-electron chi connectivity index (χ4n) is 2.73. The average molecular weight is 288 g/mol. The Kier molecular flexibility index (Phi) is 8.06. The van der Waals surface area contributed by atoms with Crippen LogP contribution in [0.2, 0.25) is 0 Å². The standard InChI is InChI=1S/C14H28N2O4/c1-10(18)15-7-5-3-2-4-6-12-11(9-17)14(20)13(19)8-16-12/h11-14,16-17,19-20H,2-9H2,1H3,(H,15,18)/t11-,12+,13+,14-/m0/s1.